The summed E-state index contributed by atoms with van der Waals surface area (Å²) in [5.74, 6) is 1.27. The van der Waals surface area contributed by atoms with Gasteiger partial charge in [-0.05, 0) is 37.3 Å². The van der Waals surface area contributed by atoms with Crippen LogP contribution in [-0.4, -0.2) is 26.3 Å². The fourth-order valence-electron chi connectivity index (χ4n) is 3.07. The quantitative estimate of drug-likeness (QED) is 0.601. The molecule has 0 heterocycles. The monoisotopic (exact) mass is 291 g/mol. The van der Waals surface area contributed by atoms with Gasteiger partial charge in [0, 0.05) is 25.7 Å². The Morgan fingerprint density at radius 3 is 2.43 bits per heavy atom. The molecule has 3 unspecified atom stereocenters. The van der Waals surface area contributed by atoms with E-state index in [1.807, 2.05) is 0 Å². The molecule has 21 heavy (non-hydrogen) atoms. The Morgan fingerprint density at radius 1 is 1.14 bits per heavy atom. The van der Waals surface area contributed by atoms with Crippen LogP contribution in [0.1, 0.15) is 57.9 Å². The average molecular weight is 291 g/mol. The minimum Gasteiger partial charge on any atom is -0.385 e. The molecule has 0 aliphatic carbocycles. The van der Waals surface area contributed by atoms with Crippen LogP contribution in [0.2, 0.25) is 0 Å². The summed E-state index contributed by atoms with van der Waals surface area (Å²) in [7, 11) is 1.79. The third-order valence-corrected chi connectivity index (χ3v) is 4.40. The Labute approximate surface area is 131 Å². The molecule has 0 bridgehead atoms. The van der Waals surface area contributed by atoms with Crippen LogP contribution in [0, 0.1) is 5.92 Å². The van der Waals surface area contributed by atoms with Gasteiger partial charge < -0.3 is 10.1 Å². The second kappa shape index (κ2) is 10.8. The van der Waals surface area contributed by atoms with Gasteiger partial charge in [-0.2, -0.15) is 0 Å². The van der Waals surface area contributed by atoms with Crippen LogP contribution in [-0.2, 0) is 4.74 Å². The number of hydrogen-bond acceptors (Lipinski definition) is 2. The number of methoxy groups -OCH3 is 1. The second-order valence-electron chi connectivity index (χ2n) is 6.02. The van der Waals surface area contributed by atoms with Crippen molar-refractivity contribution >= 4 is 0 Å². The van der Waals surface area contributed by atoms with Crippen molar-refractivity contribution in [2.75, 3.05) is 20.3 Å². The molecule has 1 aromatic carbocycles. The molecule has 120 valence electrons. The van der Waals surface area contributed by atoms with Crippen LogP contribution in [0.5, 0.6) is 0 Å². The summed E-state index contributed by atoms with van der Waals surface area (Å²) in [6.07, 6.45) is 4.70. The fraction of sp³-hybridized carbons (Fsp3) is 0.684. The van der Waals surface area contributed by atoms with E-state index in [2.05, 4.69) is 56.4 Å². The first-order chi connectivity index (χ1) is 10.2. The molecule has 0 spiro atoms. The first-order valence-electron chi connectivity index (χ1n) is 8.51. The topological polar surface area (TPSA) is 21.3 Å². The molecule has 0 saturated heterocycles. The highest BCUT2D eigenvalue weighted by molar-refractivity contribution is 5.22. The van der Waals surface area contributed by atoms with Gasteiger partial charge in [-0.3, -0.25) is 0 Å². The molecule has 2 heteroatoms. The van der Waals surface area contributed by atoms with Crippen LogP contribution in [0.15, 0.2) is 30.3 Å². The van der Waals surface area contributed by atoms with Gasteiger partial charge in [0.05, 0.1) is 0 Å². The maximum Gasteiger partial charge on any atom is 0.0462 e. The average Bonchev–Trinajstić information content (AvgIpc) is 2.53. The SMILES string of the molecule is CCCNC(CCCOC)C(c1ccccc1)C(C)CC. The number of rotatable bonds is 11. The Morgan fingerprint density at radius 2 is 1.86 bits per heavy atom. The number of benzene rings is 1. The van der Waals surface area contributed by atoms with E-state index in [4.69, 9.17) is 4.74 Å². The minimum atomic E-state index is 0.539. The Kier molecular flexibility index (Phi) is 9.36. The summed E-state index contributed by atoms with van der Waals surface area (Å²) in [5, 5.41) is 3.79. The van der Waals surface area contributed by atoms with E-state index >= 15 is 0 Å². The summed E-state index contributed by atoms with van der Waals surface area (Å²) in [5.41, 5.74) is 1.47. The van der Waals surface area contributed by atoms with Crippen LogP contribution >= 0.6 is 0 Å². The predicted molar refractivity (Wildman–Crippen MR) is 91.8 cm³/mol. The maximum absolute atomic E-state index is 5.24. The zero-order valence-electron chi connectivity index (χ0n) is 14.3. The molecule has 0 fully saturated rings. The molecule has 0 aliphatic rings. The molecule has 0 amide bonds. The Hall–Kier alpha value is -0.860. The van der Waals surface area contributed by atoms with Crippen molar-refractivity contribution in [1.82, 2.24) is 5.32 Å². The standard InChI is InChI=1S/C19H33NO/c1-5-14-20-18(13-10-15-21-4)19(16(3)6-2)17-11-8-7-9-12-17/h7-9,11-12,16,18-20H,5-6,10,13-15H2,1-4H3. The van der Waals surface area contributed by atoms with Gasteiger partial charge in [0.25, 0.3) is 0 Å². The summed E-state index contributed by atoms with van der Waals surface area (Å²) in [4.78, 5) is 0. The molecule has 0 aliphatic heterocycles. The van der Waals surface area contributed by atoms with Crippen molar-refractivity contribution in [1.29, 1.82) is 0 Å². The minimum absolute atomic E-state index is 0.539. The summed E-state index contributed by atoms with van der Waals surface area (Å²) < 4.78 is 5.24. The van der Waals surface area contributed by atoms with Crippen LogP contribution in [0.25, 0.3) is 0 Å². The molecule has 3 atom stereocenters. The van der Waals surface area contributed by atoms with Gasteiger partial charge in [0.2, 0.25) is 0 Å². The van der Waals surface area contributed by atoms with Crippen molar-refractivity contribution in [2.45, 2.75) is 58.4 Å². The molecule has 0 saturated carbocycles. The number of nitrogens with one attached hydrogen (secondary N) is 1. The Balaban J connectivity index is 2.87. The van der Waals surface area contributed by atoms with E-state index in [-0.39, 0.29) is 0 Å². The van der Waals surface area contributed by atoms with Crippen molar-refractivity contribution < 1.29 is 4.74 Å². The van der Waals surface area contributed by atoms with Crippen molar-refractivity contribution in [3.8, 4) is 0 Å². The van der Waals surface area contributed by atoms with Gasteiger partial charge in [0.1, 0.15) is 0 Å². The van der Waals surface area contributed by atoms with Crippen molar-refractivity contribution in [3.05, 3.63) is 35.9 Å². The third kappa shape index (κ3) is 6.19. The summed E-state index contributed by atoms with van der Waals surface area (Å²) in [6, 6.07) is 11.5. The molecule has 1 rings (SSSR count). The fourth-order valence-corrected chi connectivity index (χ4v) is 3.07. The lowest BCUT2D eigenvalue weighted by Gasteiger charge is -2.33. The van der Waals surface area contributed by atoms with Crippen LogP contribution < -0.4 is 5.32 Å². The smallest absolute Gasteiger partial charge is 0.0462 e. The summed E-state index contributed by atoms with van der Waals surface area (Å²) in [6.45, 7) is 8.87. The zero-order chi connectivity index (χ0) is 15.5. The molecule has 0 aromatic heterocycles. The van der Waals surface area contributed by atoms with Crippen molar-refractivity contribution in [3.63, 3.8) is 0 Å². The first kappa shape index (κ1) is 18.2. The van der Waals surface area contributed by atoms with E-state index in [1.165, 1.54) is 24.8 Å². The highest BCUT2D eigenvalue weighted by Crippen LogP contribution is 2.32. The van der Waals surface area contributed by atoms with Gasteiger partial charge >= 0.3 is 0 Å². The largest absolute Gasteiger partial charge is 0.385 e. The number of ether oxygens (including phenoxy) is 1. The molecule has 2 nitrogen and oxygen atoms in total. The van der Waals surface area contributed by atoms with Crippen LogP contribution in [0.3, 0.4) is 0 Å². The van der Waals surface area contributed by atoms with Gasteiger partial charge in [-0.1, -0.05) is 57.5 Å². The Bertz CT molecular complexity index is 352. The molecule has 0 radical (unpaired) electrons. The lowest BCUT2D eigenvalue weighted by atomic mass is 9.78. The highest BCUT2D eigenvalue weighted by Gasteiger charge is 2.26. The lowest BCUT2D eigenvalue weighted by Crippen LogP contribution is -2.38. The lowest BCUT2D eigenvalue weighted by molar-refractivity contribution is 0.183. The second-order valence-corrected chi connectivity index (χ2v) is 6.02. The van der Waals surface area contributed by atoms with Crippen molar-refractivity contribution in [2.24, 2.45) is 5.92 Å². The number of hydrogen-bond donors (Lipinski definition) is 1. The normalized spacial score (nSPS) is 15.6. The zero-order valence-corrected chi connectivity index (χ0v) is 14.3. The maximum atomic E-state index is 5.24. The van der Waals surface area contributed by atoms with E-state index < -0.39 is 0 Å². The van der Waals surface area contributed by atoms with E-state index in [9.17, 15) is 0 Å². The third-order valence-electron chi connectivity index (χ3n) is 4.40. The van der Waals surface area contributed by atoms with Gasteiger partial charge in [-0.25, -0.2) is 0 Å². The molecular weight excluding hydrogens is 258 g/mol. The predicted octanol–water partition coefficient (Wildman–Crippen LogP) is 4.61. The first-order valence-corrected chi connectivity index (χ1v) is 8.51. The molecule has 1 N–H and O–H groups in total. The van der Waals surface area contributed by atoms with E-state index in [0.717, 1.165) is 19.6 Å². The molecule has 1 aromatic rings. The van der Waals surface area contributed by atoms with Gasteiger partial charge in [-0.15, -0.1) is 0 Å². The summed E-state index contributed by atoms with van der Waals surface area (Å²) >= 11 is 0. The van der Waals surface area contributed by atoms with Crippen LogP contribution in [0.4, 0.5) is 0 Å². The van der Waals surface area contributed by atoms with E-state index in [1.54, 1.807) is 7.11 Å². The van der Waals surface area contributed by atoms with Gasteiger partial charge in [0.15, 0.2) is 0 Å². The van der Waals surface area contributed by atoms with E-state index in [0.29, 0.717) is 17.9 Å². The highest BCUT2D eigenvalue weighted by atomic mass is 16.5. The molecular formula is C19H33NO.